The number of methoxy groups -OCH3 is 1. The summed E-state index contributed by atoms with van der Waals surface area (Å²) in [6, 6.07) is 16.4. The topological polar surface area (TPSA) is 106 Å². The normalized spacial score (nSPS) is 10.6. The summed E-state index contributed by atoms with van der Waals surface area (Å²) >= 11 is 7.40. The smallest absolute Gasteiger partial charge is 0.413 e. The van der Waals surface area contributed by atoms with E-state index in [9.17, 15) is 9.59 Å². The fourth-order valence-electron chi connectivity index (χ4n) is 3.03. The van der Waals surface area contributed by atoms with Gasteiger partial charge in [-0.25, -0.2) is 9.78 Å². The number of nitrogens with zero attached hydrogens (tertiary/aromatic N) is 2. The van der Waals surface area contributed by atoms with Crippen LogP contribution in [-0.4, -0.2) is 29.3 Å². The number of amides is 2. The average Bonchev–Trinajstić information content (AvgIpc) is 3.37. The van der Waals surface area contributed by atoms with Gasteiger partial charge in [0.15, 0.2) is 5.13 Å². The largest absolute Gasteiger partial charge is 0.453 e. The number of halogens is 1. The van der Waals surface area contributed by atoms with Crippen molar-refractivity contribution in [2.24, 2.45) is 0 Å². The lowest BCUT2D eigenvalue weighted by molar-refractivity contribution is 0.102. The number of aromatic nitrogens is 2. The maximum absolute atomic E-state index is 13.3. The van der Waals surface area contributed by atoms with Gasteiger partial charge in [-0.1, -0.05) is 76.6 Å². The molecule has 0 radical (unpaired) electrons. The average molecular weight is 469 g/mol. The van der Waals surface area contributed by atoms with Crippen molar-refractivity contribution < 1.29 is 18.8 Å². The van der Waals surface area contributed by atoms with Gasteiger partial charge in [-0.15, -0.1) is 0 Å². The fourth-order valence-corrected chi connectivity index (χ4v) is 4.12. The van der Waals surface area contributed by atoms with E-state index in [0.717, 1.165) is 16.9 Å². The molecular formula is C22H17ClN4O4S. The Morgan fingerprint density at radius 2 is 1.75 bits per heavy atom. The van der Waals surface area contributed by atoms with Crippen LogP contribution < -0.4 is 10.6 Å². The molecule has 0 aliphatic heterocycles. The van der Waals surface area contributed by atoms with E-state index in [4.69, 9.17) is 16.1 Å². The number of anilines is 2. The number of hydrogen-bond acceptors (Lipinski definition) is 7. The first kappa shape index (κ1) is 21.5. The Hall–Kier alpha value is -3.69. The van der Waals surface area contributed by atoms with E-state index in [2.05, 4.69) is 25.5 Å². The highest BCUT2D eigenvalue weighted by atomic mass is 35.5. The summed E-state index contributed by atoms with van der Waals surface area (Å²) in [7, 11) is 1.26. The summed E-state index contributed by atoms with van der Waals surface area (Å²) in [6.07, 6.45) is -0.660. The third kappa shape index (κ3) is 4.34. The quantitative estimate of drug-likeness (QED) is 0.380. The van der Waals surface area contributed by atoms with Crippen molar-refractivity contribution in [2.45, 2.75) is 6.92 Å². The molecule has 2 amide bonds. The maximum atomic E-state index is 13.3. The summed E-state index contributed by atoms with van der Waals surface area (Å²) in [5, 5.41) is 10.6. The highest BCUT2D eigenvalue weighted by Gasteiger charge is 2.25. The van der Waals surface area contributed by atoms with Crippen molar-refractivity contribution in [1.82, 2.24) is 10.1 Å². The van der Waals surface area contributed by atoms with Crippen LogP contribution in [0, 0.1) is 6.92 Å². The summed E-state index contributed by atoms with van der Waals surface area (Å²) in [5.41, 5.74) is 2.45. The molecule has 2 aromatic carbocycles. The molecule has 32 heavy (non-hydrogen) atoms. The van der Waals surface area contributed by atoms with Gasteiger partial charge in [-0.05, 0) is 13.0 Å². The number of nitrogens with one attached hydrogen (secondary N) is 2. The third-order valence-electron chi connectivity index (χ3n) is 4.51. The van der Waals surface area contributed by atoms with Crippen LogP contribution in [-0.2, 0) is 4.74 Å². The summed E-state index contributed by atoms with van der Waals surface area (Å²) in [5.74, 6) is -0.0970. The predicted molar refractivity (Wildman–Crippen MR) is 123 cm³/mol. The van der Waals surface area contributed by atoms with E-state index < -0.39 is 12.0 Å². The molecule has 4 aromatic rings. The van der Waals surface area contributed by atoms with Crippen LogP contribution in [0.2, 0.25) is 5.02 Å². The van der Waals surface area contributed by atoms with E-state index >= 15 is 0 Å². The molecule has 8 nitrogen and oxygen atoms in total. The van der Waals surface area contributed by atoms with Gasteiger partial charge >= 0.3 is 6.09 Å². The molecule has 0 aliphatic rings. The molecule has 0 atom stereocenters. The minimum atomic E-state index is -0.660. The Bertz CT molecular complexity index is 1290. The Morgan fingerprint density at radius 3 is 2.47 bits per heavy atom. The van der Waals surface area contributed by atoms with Gasteiger partial charge in [0, 0.05) is 11.1 Å². The van der Waals surface area contributed by atoms with Crippen LogP contribution in [0.4, 0.5) is 14.9 Å². The SMILES string of the molecule is COC(=O)Nc1nc(-c2ccccc2)c(NC(=O)c2c(-c3ccccc3Cl)noc2C)s1. The highest BCUT2D eigenvalue weighted by Crippen LogP contribution is 2.37. The van der Waals surface area contributed by atoms with Crippen molar-refractivity contribution in [2.75, 3.05) is 17.7 Å². The molecule has 0 fully saturated rings. The summed E-state index contributed by atoms with van der Waals surface area (Å²) in [4.78, 5) is 29.4. The number of carbonyl (C=O) groups is 2. The van der Waals surface area contributed by atoms with Gasteiger partial charge in [0.1, 0.15) is 27.7 Å². The lowest BCUT2D eigenvalue weighted by Crippen LogP contribution is -2.13. The zero-order valence-corrected chi connectivity index (χ0v) is 18.6. The fraction of sp³-hybridized carbons (Fsp3) is 0.0909. The van der Waals surface area contributed by atoms with Crippen LogP contribution in [0.5, 0.6) is 0 Å². The Kier molecular flexibility index (Phi) is 6.20. The van der Waals surface area contributed by atoms with Crippen LogP contribution in [0.1, 0.15) is 16.1 Å². The Morgan fingerprint density at radius 1 is 1.03 bits per heavy atom. The third-order valence-corrected chi connectivity index (χ3v) is 5.73. The molecule has 162 valence electrons. The second-order valence-electron chi connectivity index (χ2n) is 6.58. The maximum Gasteiger partial charge on any atom is 0.413 e. The summed E-state index contributed by atoms with van der Waals surface area (Å²) < 4.78 is 9.93. The van der Waals surface area contributed by atoms with Gasteiger partial charge in [0.05, 0.1) is 12.1 Å². The van der Waals surface area contributed by atoms with E-state index in [1.165, 1.54) is 7.11 Å². The first-order valence-corrected chi connectivity index (χ1v) is 10.6. The van der Waals surface area contributed by atoms with E-state index in [-0.39, 0.29) is 10.7 Å². The molecule has 0 saturated carbocycles. The minimum Gasteiger partial charge on any atom is -0.453 e. The molecule has 2 aromatic heterocycles. The molecule has 2 N–H and O–H groups in total. The molecule has 0 saturated heterocycles. The molecule has 0 unspecified atom stereocenters. The van der Waals surface area contributed by atoms with Gasteiger partial charge in [-0.3, -0.25) is 10.1 Å². The lowest BCUT2D eigenvalue weighted by atomic mass is 10.1. The summed E-state index contributed by atoms with van der Waals surface area (Å²) in [6.45, 7) is 1.65. The van der Waals surface area contributed by atoms with E-state index in [1.807, 2.05) is 30.3 Å². The first-order chi connectivity index (χ1) is 15.5. The number of benzene rings is 2. The molecular weight excluding hydrogens is 452 g/mol. The number of aryl methyl sites for hydroxylation is 1. The van der Waals surface area contributed by atoms with Gasteiger partial charge in [-0.2, -0.15) is 0 Å². The second kappa shape index (κ2) is 9.21. The second-order valence-corrected chi connectivity index (χ2v) is 7.98. The van der Waals surface area contributed by atoms with Crippen molar-refractivity contribution in [1.29, 1.82) is 0 Å². The zero-order valence-electron chi connectivity index (χ0n) is 17.0. The Labute approximate surface area is 192 Å². The molecule has 0 aliphatic carbocycles. The van der Waals surface area contributed by atoms with Gasteiger partial charge < -0.3 is 14.6 Å². The highest BCUT2D eigenvalue weighted by molar-refractivity contribution is 7.20. The number of thiazole rings is 1. The number of ether oxygens (including phenoxy) is 1. The molecule has 0 bridgehead atoms. The lowest BCUT2D eigenvalue weighted by Gasteiger charge is -2.07. The monoisotopic (exact) mass is 468 g/mol. The molecule has 10 heteroatoms. The number of hydrogen-bond donors (Lipinski definition) is 2. The Balaban J connectivity index is 1.72. The van der Waals surface area contributed by atoms with Crippen molar-refractivity contribution in [3.63, 3.8) is 0 Å². The predicted octanol–water partition coefficient (Wildman–Crippen LogP) is 5.86. The van der Waals surface area contributed by atoms with Crippen molar-refractivity contribution in [3.05, 3.63) is 70.9 Å². The molecule has 2 heterocycles. The first-order valence-electron chi connectivity index (χ1n) is 9.41. The number of rotatable bonds is 5. The van der Waals surface area contributed by atoms with Gasteiger partial charge in [0.25, 0.3) is 5.91 Å². The van der Waals surface area contributed by atoms with Crippen molar-refractivity contribution in [3.8, 4) is 22.5 Å². The van der Waals surface area contributed by atoms with Crippen LogP contribution in [0.3, 0.4) is 0 Å². The standard InChI is InChI=1S/C22H17ClN4O4S/c1-12-16(18(27-31-12)14-10-6-7-11-15(14)23)19(28)25-20-17(13-8-4-3-5-9-13)24-21(32-20)26-22(29)30-2/h3-11H,1-2H3,(H,25,28)(H,24,26,29). The molecule has 4 rings (SSSR count). The van der Waals surface area contributed by atoms with Crippen molar-refractivity contribution >= 4 is 45.1 Å². The van der Waals surface area contributed by atoms with Crippen LogP contribution in [0.25, 0.3) is 22.5 Å². The van der Waals surface area contributed by atoms with Crippen LogP contribution >= 0.6 is 22.9 Å². The minimum absolute atomic E-state index is 0.257. The van der Waals surface area contributed by atoms with Crippen LogP contribution in [0.15, 0.2) is 59.1 Å². The van der Waals surface area contributed by atoms with E-state index in [1.54, 1.807) is 31.2 Å². The number of carbonyl (C=O) groups excluding carboxylic acids is 2. The zero-order chi connectivity index (χ0) is 22.7. The van der Waals surface area contributed by atoms with Gasteiger partial charge in [0.2, 0.25) is 0 Å². The molecule has 0 spiro atoms. The van der Waals surface area contributed by atoms with E-state index in [0.29, 0.717) is 32.7 Å².